The van der Waals surface area contributed by atoms with Crippen LogP contribution in [0, 0.1) is 0 Å². The SMILES string of the molecule is CC1CN(C2=C(c3cccs3)C(=O)N(c3cccc(OC(F)(F)F)c3)C2=O)CC(C)O1. The maximum atomic E-state index is 13.4. The Morgan fingerprint density at radius 2 is 1.77 bits per heavy atom. The number of carbonyl (C=O) groups excluding carboxylic acids is 2. The second-order valence-corrected chi connectivity index (χ2v) is 8.30. The van der Waals surface area contributed by atoms with E-state index in [1.54, 1.807) is 17.5 Å². The van der Waals surface area contributed by atoms with E-state index in [1.807, 2.05) is 18.7 Å². The van der Waals surface area contributed by atoms with Gasteiger partial charge >= 0.3 is 6.36 Å². The highest BCUT2D eigenvalue weighted by Crippen LogP contribution is 2.38. The molecule has 1 aromatic carbocycles. The molecule has 0 radical (unpaired) electrons. The first-order valence-corrected chi connectivity index (χ1v) is 10.4. The Labute approximate surface area is 180 Å². The Hall–Kier alpha value is -2.85. The summed E-state index contributed by atoms with van der Waals surface area (Å²) in [6, 6.07) is 8.36. The van der Waals surface area contributed by atoms with Gasteiger partial charge in [-0.05, 0) is 37.4 Å². The summed E-state index contributed by atoms with van der Waals surface area (Å²) in [4.78, 5) is 30.1. The molecule has 1 fully saturated rings. The number of thiophene rings is 1. The summed E-state index contributed by atoms with van der Waals surface area (Å²) in [5, 5.41) is 1.79. The number of ether oxygens (including phenoxy) is 2. The number of benzene rings is 1. The smallest absolute Gasteiger partial charge is 0.406 e. The second kappa shape index (κ2) is 8.01. The first kappa shape index (κ1) is 21.4. The fourth-order valence-electron chi connectivity index (χ4n) is 3.87. The number of nitrogens with zero attached hydrogens (tertiary/aromatic N) is 2. The minimum absolute atomic E-state index is 0.00941. The Balaban J connectivity index is 1.75. The number of amides is 2. The third-order valence-corrected chi connectivity index (χ3v) is 5.76. The van der Waals surface area contributed by atoms with Crippen LogP contribution in [0.15, 0.2) is 47.5 Å². The van der Waals surface area contributed by atoms with Gasteiger partial charge in [0.1, 0.15) is 11.4 Å². The number of halogens is 3. The van der Waals surface area contributed by atoms with Gasteiger partial charge in [0.15, 0.2) is 0 Å². The van der Waals surface area contributed by atoms with Crippen molar-refractivity contribution in [2.75, 3.05) is 18.0 Å². The molecular formula is C21H19F3N2O4S. The van der Waals surface area contributed by atoms with Crippen LogP contribution in [0.2, 0.25) is 0 Å². The molecule has 2 aliphatic rings. The Morgan fingerprint density at radius 1 is 1.06 bits per heavy atom. The number of carbonyl (C=O) groups is 2. The number of anilines is 1. The van der Waals surface area contributed by atoms with E-state index in [1.165, 1.54) is 23.5 Å². The number of imide groups is 1. The summed E-state index contributed by atoms with van der Waals surface area (Å²) in [6.45, 7) is 4.59. The molecule has 6 nitrogen and oxygen atoms in total. The van der Waals surface area contributed by atoms with Crippen molar-refractivity contribution in [3.05, 3.63) is 52.4 Å². The van der Waals surface area contributed by atoms with Gasteiger partial charge in [0.25, 0.3) is 11.8 Å². The van der Waals surface area contributed by atoms with Crippen LogP contribution >= 0.6 is 11.3 Å². The number of hydrogen-bond donors (Lipinski definition) is 0. The molecule has 0 spiro atoms. The van der Waals surface area contributed by atoms with Crippen molar-refractivity contribution in [2.45, 2.75) is 32.4 Å². The highest BCUT2D eigenvalue weighted by molar-refractivity contribution is 7.11. The van der Waals surface area contributed by atoms with Crippen LogP contribution in [0.1, 0.15) is 18.7 Å². The summed E-state index contributed by atoms with van der Waals surface area (Å²) >= 11 is 1.31. The van der Waals surface area contributed by atoms with Crippen LogP contribution in [-0.2, 0) is 14.3 Å². The van der Waals surface area contributed by atoms with Crippen LogP contribution in [0.3, 0.4) is 0 Å². The summed E-state index contributed by atoms with van der Waals surface area (Å²) < 4.78 is 47.6. The molecule has 0 bridgehead atoms. The molecule has 2 aromatic rings. The highest BCUT2D eigenvalue weighted by Gasteiger charge is 2.44. The van der Waals surface area contributed by atoms with Gasteiger partial charge in [0.05, 0.1) is 23.5 Å². The van der Waals surface area contributed by atoms with Crippen LogP contribution < -0.4 is 9.64 Å². The monoisotopic (exact) mass is 452 g/mol. The van der Waals surface area contributed by atoms with Crippen LogP contribution in [0.4, 0.5) is 18.9 Å². The summed E-state index contributed by atoms with van der Waals surface area (Å²) in [7, 11) is 0. The maximum Gasteiger partial charge on any atom is 0.573 e. The lowest BCUT2D eigenvalue weighted by Gasteiger charge is -2.37. The lowest BCUT2D eigenvalue weighted by molar-refractivity contribution is -0.274. The minimum Gasteiger partial charge on any atom is -0.406 e. The topological polar surface area (TPSA) is 59.1 Å². The molecule has 2 unspecified atom stereocenters. The molecule has 0 N–H and O–H groups in total. The van der Waals surface area contributed by atoms with E-state index in [4.69, 9.17) is 4.74 Å². The van der Waals surface area contributed by atoms with E-state index >= 15 is 0 Å². The lowest BCUT2D eigenvalue weighted by Crippen LogP contribution is -2.47. The van der Waals surface area contributed by atoms with Gasteiger partial charge in [0, 0.05) is 24.0 Å². The average Bonchev–Trinajstić information content (AvgIpc) is 3.25. The standard InChI is InChI=1S/C21H19F3N2O4S/c1-12-10-25(11-13(2)29-12)18-17(16-7-4-8-31-16)19(27)26(20(18)28)14-5-3-6-15(9-14)30-21(22,23)24/h3-9,12-13H,10-11H2,1-2H3. The van der Waals surface area contributed by atoms with E-state index in [-0.39, 0.29) is 29.2 Å². The van der Waals surface area contributed by atoms with Gasteiger partial charge < -0.3 is 14.4 Å². The average molecular weight is 452 g/mol. The zero-order valence-corrected chi connectivity index (χ0v) is 17.5. The first-order chi connectivity index (χ1) is 14.6. The Bertz CT molecular complexity index is 1030. The zero-order chi connectivity index (χ0) is 22.3. The van der Waals surface area contributed by atoms with Crippen LogP contribution in [0.25, 0.3) is 5.57 Å². The zero-order valence-electron chi connectivity index (χ0n) is 16.7. The molecule has 10 heteroatoms. The van der Waals surface area contributed by atoms with Crippen LogP contribution in [-0.4, -0.2) is 48.4 Å². The molecule has 2 atom stereocenters. The number of rotatable bonds is 4. The molecule has 0 saturated carbocycles. The van der Waals surface area contributed by atoms with Gasteiger partial charge in [-0.25, -0.2) is 4.90 Å². The number of morpholine rings is 1. The summed E-state index contributed by atoms with van der Waals surface area (Å²) in [5.74, 6) is -1.68. The quantitative estimate of drug-likeness (QED) is 0.656. The molecule has 31 heavy (non-hydrogen) atoms. The van der Waals surface area contributed by atoms with Crippen LogP contribution in [0.5, 0.6) is 5.75 Å². The molecular weight excluding hydrogens is 433 g/mol. The summed E-state index contributed by atoms with van der Waals surface area (Å²) in [5.41, 5.74) is 0.482. The number of alkyl halides is 3. The number of hydrogen-bond acceptors (Lipinski definition) is 6. The van der Waals surface area contributed by atoms with Crippen molar-refractivity contribution in [2.24, 2.45) is 0 Å². The maximum absolute atomic E-state index is 13.4. The molecule has 1 saturated heterocycles. The molecule has 2 aliphatic heterocycles. The minimum atomic E-state index is -4.89. The van der Waals surface area contributed by atoms with Gasteiger partial charge in [-0.2, -0.15) is 0 Å². The van der Waals surface area contributed by atoms with Crippen molar-refractivity contribution in [3.63, 3.8) is 0 Å². The predicted octanol–water partition coefficient (Wildman–Crippen LogP) is 4.04. The van der Waals surface area contributed by atoms with Gasteiger partial charge in [-0.15, -0.1) is 24.5 Å². The second-order valence-electron chi connectivity index (χ2n) is 7.35. The Morgan fingerprint density at radius 3 is 2.39 bits per heavy atom. The van der Waals surface area contributed by atoms with E-state index in [0.717, 1.165) is 17.0 Å². The van der Waals surface area contributed by atoms with Gasteiger partial charge in [-0.3, -0.25) is 9.59 Å². The lowest BCUT2D eigenvalue weighted by atomic mass is 10.1. The largest absolute Gasteiger partial charge is 0.573 e. The third kappa shape index (κ3) is 4.31. The van der Waals surface area contributed by atoms with E-state index in [2.05, 4.69) is 4.74 Å². The Kier molecular flexibility index (Phi) is 5.52. The van der Waals surface area contributed by atoms with Gasteiger partial charge in [0.2, 0.25) is 0 Å². The molecule has 0 aliphatic carbocycles. The van der Waals surface area contributed by atoms with Gasteiger partial charge in [-0.1, -0.05) is 12.1 Å². The fraction of sp³-hybridized carbons (Fsp3) is 0.333. The fourth-order valence-corrected chi connectivity index (χ4v) is 4.63. The van der Waals surface area contributed by atoms with Crippen molar-refractivity contribution in [3.8, 4) is 5.75 Å². The molecule has 4 rings (SSSR count). The van der Waals surface area contributed by atoms with E-state index in [0.29, 0.717) is 18.0 Å². The first-order valence-electron chi connectivity index (χ1n) is 9.57. The molecule has 3 heterocycles. The van der Waals surface area contributed by atoms with Crippen molar-refractivity contribution >= 4 is 34.4 Å². The third-order valence-electron chi connectivity index (χ3n) is 4.87. The normalized spacial score (nSPS) is 22.5. The molecule has 2 amide bonds. The van der Waals surface area contributed by atoms with Crippen molar-refractivity contribution in [1.82, 2.24) is 4.90 Å². The summed E-state index contributed by atoms with van der Waals surface area (Å²) in [6.07, 6.45) is -5.19. The van der Waals surface area contributed by atoms with Crippen molar-refractivity contribution in [1.29, 1.82) is 0 Å². The van der Waals surface area contributed by atoms with E-state index < -0.39 is 23.9 Å². The highest BCUT2D eigenvalue weighted by atomic mass is 32.1. The predicted molar refractivity (Wildman–Crippen MR) is 108 cm³/mol. The molecule has 1 aromatic heterocycles. The molecule has 164 valence electrons. The van der Waals surface area contributed by atoms with Crippen molar-refractivity contribution < 1.29 is 32.2 Å². The van der Waals surface area contributed by atoms with E-state index in [9.17, 15) is 22.8 Å².